The lowest BCUT2D eigenvalue weighted by Crippen LogP contribution is -2.33. The minimum Gasteiger partial charge on any atom is -0.490 e. The lowest BCUT2D eigenvalue weighted by molar-refractivity contribution is 0.0975. The van der Waals surface area contributed by atoms with E-state index in [9.17, 15) is 18.3 Å². The molecule has 40 heavy (non-hydrogen) atoms. The van der Waals surface area contributed by atoms with Crippen LogP contribution in [-0.2, 0) is 16.4 Å². The summed E-state index contributed by atoms with van der Waals surface area (Å²) in [4.78, 5) is 12.9. The van der Waals surface area contributed by atoms with Crippen molar-refractivity contribution in [1.29, 1.82) is 0 Å². The molecule has 3 rings (SSSR count). The molecule has 3 aromatic rings. The molecule has 1 atom stereocenters. The average Bonchev–Trinajstić information content (AvgIpc) is 2.90. The van der Waals surface area contributed by atoms with E-state index in [0.717, 1.165) is 35.2 Å². The van der Waals surface area contributed by atoms with Crippen LogP contribution in [0.3, 0.4) is 0 Å². The van der Waals surface area contributed by atoms with Gasteiger partial charge in [-0.2, -0.15) is 0 Å². The Morgan fingerprint density at radius 1 is 0.925 bits per heavy atom. The Bertz CT molecular complexity index is 1310. The summed E-state index contributed by atoms with van der Waals surface area (Å²) in [5.74, 6) is -0.249. The minimum atomic E-state index is -3.74. The lowest BCUT2D eigenvalue weighted by atomic mass is 10.0. The van der Waals surface area contributed by atoms with Crippen molar-refractivity contribution in [1.82, 2.24) is 10.0 Å². The molecule has 0 aliphatic heterocycles. The highest BCUT2D eigenvalue weighted by atomic mass is 35.5. The zero-order chi connectivity index (χ0) is 28.4. The molecule has 0 aliphatic rings. The van der Waals surface area contributed by atoms with Gasteiger partial charge in [0.1, 0.15) is 5.75 Å². The van der Waals surface area contributed by atoms with Crippen molar-refractivity contribution >= 4 is 28.3 Å². The highest BCUT2D eigenvalue weighted by molar-refractivity contribution is 7.90. The van der Waals surface area contributed by atoms with Gasteiger partial charge in [0.15, 0.2) is 0 Å². The Kier molecular flexibility index (Phi) is 13.1. The first-order chi connectivity index (χ1) is 18.5. The SMILES string of the molecule is CC(C)CCS(=O)(=O)NC(=O)c1ccc(-c2ccc(CCNC[C@@H](O)c3ccccc3)cc2)cc1OC(C)C.Cl. The van der Waals surface area contributed by atoms with Crippen LogP contribution in [0.4, 0.5) is 0 Å². The second-order valence-corrected chi connectivity index (χ2v) is 12.2. The number of sulfonamides is 1. The van der Waals surface area contributed by atoms with Gasteiger partial charge in [-0.25, -0.2) is 13.1 Å². The Morgan fingerprint density at radius 3 is 2.20 bits per heavy atom. The zero-order valence-electron chi connectivity index (χ0n) is 23.6. The van der Waals surface area contributed by atoms with Crippen LogP contribution in [-0.4, -0.2) is 44.4 Å². The first kappa shape index (κ1) is 33.3. The van der Waals surface area contributed by atoms with Gasteiger partial charge in [0, 0.05) is 6.54 Å². The predicted molar refractivity (Wildman–Crippen MR) is 164 cm³/mol. The maximum atomic E-state index is 12.9. The molecule has 0 unspecified atom stereocenters. The van der Waals surface area contributed by atoms with Crippen molar-refractivity contribution in [3.05, 3.63) is 89.5 Å². The van der Waals surface area contributed by atoms with Crippen LogP contribution >= 0.6 is 12.4 Å². The van der Waals surface area contributed by atoms with Gasteiger partial charge in [0.25, 0.3) is 5.91 Å². The number of amides is 1. The van der Waals surface area contributed by atoms with Gasteiger partial charge >= 0.3 is 0 Å². The molecule has 0 aromatic heterocycles. The summed E-state index contributed by atoms with van der Waals surface area (Å²) in [5.41, 5.74) is 4.05. The molecule has 0 heterocycles. The number of ether oxygens (including phenoxy) is 1. The number of benzene rings is 3. The molecule has 7 nitrogen and oxygen atoms in total. The number of hydrogen-bond acceptors (Lipinski definition) is 6. The summed E-state index contributed by atoms with van der Waals surface area (Å²) in [7, 11) is -3.74. The highest BCUT2D eigenvalue weighted by Crippen LogP contribution is 2.29. The van der Waals surface area contributed by atoms with Crippen molar-refractivity contribution in [2.75, 3.05) is 18.8 Å². The third-order valence-corrected chi connectivity index (χ3v) is 7.47. The number of hydrogen-bond donors (Lipinski definition) is 3. The van der Waals surface area contributed by atoms with Crippen molar-refractivity contribution in [2.24, 2.45) is 5.92 Å². The molecule has 1 amide bonds. The van der Waals surface area contributed by atoms with Crippen molar-refractivity contribution < 1.29 is 23.1 Å². The first-order valence-corrected chi connectivity index (χ1v) is 15.1. The van der Waals surface area contributed by atoms with Gasteiger partial charge in [0.2, 0.25) is 10.0 Å². The molecule has 0 aliphatic carbocycles. The summed E-state index contributed by atoms with van der Waals surface area (Å²) in [6.45, 7) is 8.81. The van der Waals surface area contributed by atoms with Crippen molar-refractivity contribution in [2.45, 2.75) is 52.7 Å². The molecule has 0 bridgehead atoms. The first-order valence-electron chi connectivity index (χ1n) is 13.4. The number of carbonyl (C=O) groups is 1. The maximum absolute atomic E-state index is 12.9. The smallest absolute Gasteiger partial charge is 0.268 e. The molecular weight excluding hydrogens is 548 g/mol. The van der Waals surface area contributed by atoms with E-state index in [2.05, 4.69) is 22.2 Å². The zero-order valence-corrected chi connectivity index (χ0v) is 25.2. The Morgan fingerprint density at radius 2 is 1.57 bits per heavy atom. The Hall–Kier alpha value is -2.91. The monoisotopic (exact) mass is 588 g/mol. The number of carbonyl (C=O) groups excluding carboxylic acids is 1. The molecule has 0 radical (unpaired) electrons. The average molecular weight is 589 g/mol. The molecule has 0 saturated heterocycles. The van der Waals surface area contributed by atoms with Crippen LogP contribution in [0.1, 0.15) is 61.7 Å². The summed E-state index contributed by atoms with van der Waals surface area (Å²) in [6, 6.07) is 22.9. The van der Waals surface area contributed by atoms with E-state index in [1.807, 2.05) is 70.2 Å². The molecule has 3 aromatic carbocycles. The van der Waals surface area contributed by atoms with E-state index >= 15 is 0 Å². The van der Waals surface area contributed by atoms with Crippen molar-refractivity contribution in [3.63, 3.8) is 0 Å². The van der Waals surface area contributed by atoms with E-state index in [1.54, 1.807) is 18.2 Å². The third-order valence-electron chi connectivity index (χ3n) is 6.20. The Balaban J connectivity index is 0.00000560. The fourth-order valence-electron chi connectivity index (χ4n) is 4.01. The van der Waals surface area contributed by atoms with Crippen LogP contribution in [0.25, 0.3) is 11.1 Å². The predicted octanol–water partition coefficient (Wildman–Crippen LogP) is 5.53. The minimum absolute atomic E-state index is 0. The second kappa shape index (κ2) is 15.8. The van der Waals surface area contributed by atoms with Crippen LogP contribution < -0.4 is 14.8 Å². The number of rotatable bonds is 14. The van der Waals surface area contributed by atoms with E-state index < -0.39 is 22.0 Å². The second-order valence-electron chi connectivity index (χ2n) is 10.4. The standard InChI is InChI=1S/C31H40N2O5S.ClH/c1-22(2)17-19-39(36,37)33-31(35)28-15-14-27(20-30(28)38-23(3)4)25-12-10-24(11-13-25)16-18-32-21-29(34)26-8-6-5-7-9-26;/h5-15,20,22-23,29,32,34H,16-19,21H2,1-4H3,(H,33,35);1H/t29-;/m1./s1. The topological polar surface area (TPSA) is 105 Å². The normalized spacial score (nSPS) is 12.2. The number of aliphatic hydroxyl groups is 1. The van der Waals surface area contributed by atoms with Crippen molar-refractivity contribution in [3.8, 4) is 16.9 Å². The van der Waals surface area contributed by atoms with Gasteiger partial charge in [-0.15, -0.1) is 12.4 Å². The fourth-order valence-corrected chi connectivity index (χ4v) is 5.28. The molecular formula is C31H41ClN2O5S. The number of halogens is 1. The molecule has 0 fully saturated rings. The Labute approximate surface area is 244 Å². The van der Waals surface area contributed by atoms with Gasteiger partial charge < -0.3 is 15.2 Å². The van der Waals surface area contributed by atoms with Gasteiger partial charge in [-0.1, -0.05) is 74.5 Å². The van der Waals surface area contributed by atoms with E-state index in [4.69, 9.17) is 4.74 Å². The van der Waals surface area contributed by atoms with Crippen LogP contribution in [0.5, 0.6) is 5.75 Å². The number of aliphatic hydroxyl groups excluding tert-OH is 1. The molecule has 218 valence electrons. The third kappa shape index (κ3) is 10.6. The number of nitrogens with one attached hydrogen (secondary N) is 2. The van der Waals surface area contributed by atoms with E-state index in [1.165, 1.54) is 0 Å². The largest absolute Gasteiger partial charge is 0.490 e. The van der Waals surface area contributed by atoms with Crippen LogP contribution in [0.2, 0.25) is 0 Å². The highest BCUT2D eigenvalue weighted by Gasteiger charge is 2.21. The lowest BCUT2D eigenvalue weighted by Gasteiger charge is -2.16. The van der Waals surface area contributed by atoms with Crippen LogP contribution in [0, 0.1) is 5.92 Å². The van der Waals surface area contributed by atoms with Gasteiger partial charge in [-0.3, -0.25) is 4.79 Å². The molecule has 3 N–H and O–H groups in total. The van der Waals surface area contributed by atoms with Crippen LogP contribution in [0.15, 0.2) is 72.8 Å². The van der Waals surface area contributed by atoms with E-state index in [0.29, 0.717) is 18.7 Å². The summed E-state index contributed by atoms with van der Waals surface area (Å²) in [5, 5.41) is 13.6. The quantitative estimate of drug-likeness (QED) is 0.214. The van der Waals surface area contributed by atoms with E-state index in [-0.39, 0.29) is 35.7 Å². The molecule has 0 spiro atoms. The molecule has 9 heteroatoms. The fraction of sp³-hybridized carbons (Fsp3) is 0.387. The van der Waals surface area contributed by atoms with Gasteiger partial charge in [0.05, 0.1) is 23.5 Å². The summed E-state index contributed by atoms with van der Waals surface area (Å²) in [6.07, 6.45) is 0.549. The molecule has 0 saturated carbocycles. The summed E-state index contributed by atoms with van der Waals surface area (Å²) < 4.78 is 32.8. The summed E-state index contributed by atoms with van der Waals surface area (Å²) >= 11 is 0. The van der Waals surface area contributed by atoms with Gasteiger partial charge in [-0.05, 0) is 73.5 Å². The maximum Gasteiger partial charge on any atom is 0.268 e.